The molecule has 0 saturated heterocycles. The molecular formula is C13H18N2O2. The molecule has 1 amide bonds. The first-order valence-electron chi connectivity index (χ1n) is 5.43. The SMILES string of the molecule is C=CCNCC(=O)Nc1ccc(OC)c(C)c1. The summed E-state index contributed by atoms with van der Waals surface area (Å²) >= 11 is 0. The van der Waals surface area contributed by atoms with Gasteiger partial charge in [-0.15, -0.1) is 6.58 Å². The standard InChI is InChI=1S/C13H18N2O2/c1-4-7-14-9-13(16)15-11-5-6-12(17-3)10(2)8-11/h4-6,8,14H,1,7,9H2,2-3H3,(H,15,16). The molecule has 1 aromatic rings. The molecule has 4 heteroatoms. The summed E-state index contributed by atoms with van der Waals surface area (Å²) in [5.74, 6) is 0.740. The summed E-state index contributed by atoms with van der Waals surface area (Å²) in [4.78, 5) is 11.5. The van der Waals surface area contributed by atoms with Crippen LogP contribution in [-0.2, 0) is 4.79 Å². The van der Waals surface area contributed by atoms with Gasteiger partial charge in [-0.2, -0.15) is 0 Å². The maximum absolute atomic E-state index is 11.5. The van der Waals surface area contributed by atoms with E-state index in [-0.39, 0.29) is 12.5 Å². The van der Waals surface area contributed by atoms with Crippen LogP contribution in [0.25, 0.3) is 0 Å². The lowest BCUT2D eigenvalue weighted by Crippen LogP contribution is -2.28. The molecule has 0 fully saturated rings. The van der Waals surface area contributed by atoms with Gasteiger partial charge < -0.3 is 15.4 Å². The minimum atomic E-state index is -0.0728. The van der Waals surface area contributed by atoms with E-state index in [1.807, 2.05) is 25.1 Å². The number of carbonyl (C=O) groups is 1. The van der Waals surface area contributed by atoms with Gasteiger partial charge in [-0.3, -0.25) is 4.79 Å². The minimum Gasteiger partial charge on any atom is -0.496 e. The van der Waals surface area contributed by atoms with Crippen LogP contribution < -0.4 is 15.4 Å². The molecular weight excluding hydrogens is 216 g/mol. The molecule has 17 heavy (non-hydrogen) atoms. The third-order valence-electron chi connectivity index (χ3n) is 2.25. The Kier molecular flexibility index (Phi) is 5.23. The van der Waals surface area contributed by atoms with Crippen LogP contribution in [0.1, 0.15) is 5.56 Å². The quantitative estimate of drug-likeness (QED) is 0.582. The summed E-state index contributed by atoms with van der Waals surface area (Å²) in [5.41, 5.74) is 1.76. The van der Waals surface area contributed by atoms with E-state index < -0.39 is 0 Å². The average Bonchev–Trinajstić information content (AvgIpc) is 2.29. The number of benzene rings is 1. The molecule has 0 unspecified atom stereocenters. The largest absolute Gasteiger partial charge is 0.496 e. The Labute approximate surface area is 102 Å². The summed E-state index contributed by atoms with van der Waals surface area (Å²) in [6.07, 6.45) is 1.71. The predicted octanol–water partition coefficient (Wildman–Crippen LogP) is 1.72. The molecule has 0 radical (unpaired) electrons. The van der Waals surface area contributed by atoms with Gasteiger partial charge in [0.2, 0.25) is 5.91 Å². The molecule has 1 rings (SSSR count). The molecule has 0 aliphatic carbocycles. The highest BCUT2D eigenvalue weighted by atomic mass is 16.5. The van der Waals surface area contributed by atoms with Crippen molar-refractivity contribution < 1.29 is 9.53 Å². The summed E-state index contributed by atoms with van der Waals surface area (Å²) in [5, 5.41) is 5.74. The number of aryl methyl sites for hydroxylation is 1. The maximum Gasteiger partial charge on any atom is 0.238 e. The molecule has 0 spiro atoms. The van der Waals surface area contributed by atoms with Crippen LogP contribution >= 0.6 is 0 Å². The van der Waals surface area contributed by atoms with E-state index in [0.717, 1.165) is 17.0 Å². The molecule has 2 N–H and O–H groups in total. The molecule has 0 saturated carbocycles. The fraction of sp³-hybridized carbons (Fsp3) is 0.308. The fourth-order valence-electron chi connectivity index (χ4n) is 1.45. The molecule has 0 aliphatic heterocycles. The molecule has 0 aliphatic rings. The lowest BCUT2D eigenvalue weighted by molar-refractivity contribution is -0.115. The normalized spacial score (nSPS) is 9.76. The third-order valence-corrected chi connectivity index (χ3v) is 2.25. The molecule has 1 aromatic carbocycles. The Morgan fingerprint density at radius 1 is 1.53 bits per heavy atom. The smallest absolute Gasteiger partial charge is 0.238 e. The van der Waals surface area contributed by atoms with E-state index in [4.69, 9.17) is 4.74 Å². The van der Waals surface area contributed by atoms with Gasteiger partial charge in [-0.1, -0.05) is 6.08 Å². The van der Waals surface area contributed by atoms with Crippen molar-refractivity contribution >= 4 is 11.6 Å². The van der Waals surface area contributed by atoms with Gasteiger partial charge in [0, 0.05) is 12.2 Å². The molecule has 0 heterocycles. The van der Waals surface area contributed by atoms with Gasteiger partial charge in [0.15, 0.2) is 0 Å². The van der Waals surface area contributed by atoms with E-state index in [0.29, 0.717) is 6.54 Å². The topological polar surface area (TPSA) is 50.4 Å². The van der Waals surface area contributed by atoms with Crippen LogP contribution in [0.5, 0.6) is 5.75 Å². The highest BCUT2D eigenvalue weighted by molar-refractivity contribution is 5.92. The number of nitrogens with one attached hydrogen (secondary N) is 2. The summed E-state index contributed by atoms with van der Waals surface area (Å²) in [6, 6.07) is 5.53. The molecule has 92 valence electrons. The number of hydrogen-bond donors (Lipinski definition) is 2. The van der Waals surface area contributed by atoms with Crippen LogP contribution in [0.3, 0.4) is 0 Å². The van der Waals surface area contributed by atoms with Gasteiger partial charge in [-0.25, -0.2) is 0 Å². The molecule has 0 bridgehead atoms. The van der Waals surface area contributed by atoms with Crippen LogP contribution in [-0.4, -0.2) is 26.1 Å². The number of anilines is 1. The lowest BCUT2D eigenvalue weighted by atomic mass is 10.2. The van der Waals surface area contributed by atoms with E-state index >= 15 is 0 Å². The summed E-state index contributed by atoms with van der Waals surface area (Å²) < 4.78 is 5.15. The Bertz CT molecular complexity index is 402. The zero-order chi connectivity index (χ0) is 12.7. The van der Waals surface area contributed by atoms with E-state index in [1.54, 1.807) is 13.2 Å². The van der Waals surface area contributed by atoms with Gasteiger partial charge in [0.1, 0.15) is 5.75 Å². The second-order valence-electron chi connectivity index (χ2n) is 3.65. The van der Waals surface area contributed by atoms with Crippen molar-refractivity contribution in [2.45, 2.75) is 6.92 Å². The van der Waals surface area contributed by atoms with Gasteiger partial charge in [0.05, 0.1) is 13.7 Å². The third kappa shape index (κ3) is 4.28. The molecule has 0 aromatic heterocycles. The van der Waals surface area contributed by atoms with Gasteiger partial charge in [-0.05, 0) is 30.7 Å². The van der Waals surface area contributed by atoms with Crippen molar-refractivity contribution in [3.63, 3.8) is 0 Å². The zero-order valence-corrected chi connectivity index (χ0v) is 10.2. The number of methoxy groups -OCH3 is 1. The van der Waals surface area contributed by atoms with Crippen molar-refractivity contribution in [1.29, 1.82) is 0 Å². The monoisotopic (exact) mass is 234 g/mol. The van der Waals surface area contributed by atoms with Gasteiger partial charge >= 0.3 is 0 Å². The zero-order valence-electron chi connectivity index (χ0n) is 10.2. The van der Waals surface area contributed by atoms with Crippen LogP contribution in [0.15, 0.2) is 30.9 Å². The Balaban J connectivity index is 2.53. The number of rotatable bonds is 6. The van der Waals surface area contributed by atoms with Crippen LogP contribution in [0, 0.1) is 6.92 Å². The first-order chi connectivity index (χ1) is 8.17. The number of ether oxygens (including phenoxy) is 1. The number of hydrogen-bond acceptors (Lipinski definition) is 3. The van der Waals surface area contributed by atoms with Crippen LogP contribution in [0.2, 0.25) is 0 Å². The van der Waals surface area contributed by atoms with E-state index in [2.05, 4.69) is 17.2 Å². The van der Waals surface area contributed by atoms with Crippen molar-refractivity contribution in [1.82, 2.24) is 5.32 Å². The Morgan fingerprint density at radius 2 is 2.29 bits per heavy atom. The number of amides is 1. The average molecular weight is 234 g/mol. The second-order valence-corrected chi connectivity index (χ2v) is 3.65. The summed E-state index contributed by atoms with van der Waals surface area (Å²) in [7, 11) is 1.62. The first-order valence-corrected chi connectivity index (χ1v) is 5.43. The Hall–Kier alpha value is -1.81. The first kappa shape index (κ1) is 13.3. The summed E-state index contributed by atoms with van der Waals surface area (Å²) in [6.45, 7) is 6.39. The fourth-order valence-corrected chi connectivity index (χ4v) is 1.45. The molecule has 0 atom stereocenters. The predicted molar refractivity (Wildman–Crippen MR) is 69.4 cm³/mol. The number of carbonyl (C=O) groups excluding carboxylic acids is 1. The van der Waals surface area contributed by atoms with Crippen molar-refractivity contribution in [2.24, 2.45) is 0 Å². The highest BCUT2D eigenvalue weighted by Gasteiger charge is 2.03. The van der Waals surface area contributed by atoms with Crippen LogP contribution in [0.4, 0.5) is 5.69 Å². The Morgan fingerprint density at radius 3 is 2.88 bits per heavy atom. The van der Waals surface area contributed by atoms with Crippen molar-refractivity contribution in [2.75, 3.05) is 25.5 Å². The van der Waals surface area contributed by atoms with Crippen molar-refractivity contribution in [3.8, 4) is 5.75 Å². The van der Waals surface area contributed by atoms with Crippen molar-refractivity contribution in [3.05, 3.63) is 36.4 Å². The second kappa shape index (κ2) is 6.70. The van der Waals surface area contributed by atoms with E-state index in [1.165, 1.54) is 0 Å². The maximum atomic E-state index is 11.5. The minimum absolute atomic E-state index is 0.0728. The van der Waals surface area contributed by atoms with Gasteiger partial charge in [0.25, 0.3) is 0 Å². The van der Waals surface area contributed by atoms with E-state index in [9.17, 15) is 4.79 Å². The lowest BCUT2D eigenvalue weighted by Gasteiger charge is -2.09. The highest BCUT2D eigenvalue weighted by Crippen LogP contribution is 2.21. The molecule has 4 nitrogen and oxygen atoms in total.